The minimum absolute atomic E-state index is 0.0208. The Hall–Kier alpha value is -3.18. The van der Waals surface area contributed by atoms with Crippen LogP contribution in [0.5, 0.6) is 11.5 Å². The van der Waals surface area contributed by atoms with Gasteiger partial charge in [-0.2, -0.15) is 0 Å². The molecule has 1 amide bonds. The second kappa shape index (κ2) is 8.88. The van der Waals surface area contributed by atoms with Gasteiger partial charge in [0.1, 0.15) is 12.2 Å². The van der Waals surface area contributed by atoms with E-state index >= 15 is 0 Å². The quantitative estimate of drug-likeness (QED) is 0.225. The van der Waals surface area contributed by atoms with Gasteiger partial charge in [0.25, 0.3) is 5.09 Å². The molecule has 0 aromatic heterocycles. The van der Waals surface area contributed by atoms with E-state index in [-0.39, 0.29) is 24.9 Å². The molecule has 0 aliphatic carbocycles. The van der Waals surface area contributed by atoms with Gasteiger partial charge in [-0.15, -0.1) is 10.1 Å². The van der Waals surface area contributed by atoms with Crippen molar-refractivity contribution in [3.63, 3.8) is 0 Å². The summed E-state index contributed by atoms with van der Waals surface area (Å²) in [6.07, 6.45) is 0.966. The average Bonchev–Trinajstić information content (AvgIpc) is 3.23. The van der Waals surface area contributed by atoms with Gasteiger partial charge in [-0.25, -0.2) is 0 Å². The zero-order valence-electron chi connectivity index (χ0n) is 15.7. The number of ether oxygens (including phenoxy) is 4. The lowest BCUT2D eigenvalue weighted by Crippen LogP contribution is -2.43. The molecule has 3 rings (SSSR count). The van der Waals surface area contributed by atoms with Gasteiger partial charge in [0.2, 0.25) is 5.91 Å². The molecule has 0 bridgehead atoms. The molecule has 2 aliphatic heterocycles. The molecule has 2 fully saturated rings. The van der Waals surface area contributed by atoms with E-state index in [1.54, 1.807) is 24.3 Å². The van der Waals surface area contributed by atoms with Crippen molar-refractivity contribution in [3.8, 4) is 11.5 Å². The molecule has 29 heavy (non-hydrogen) atoms. The summed E-state index contributed by atoms with van der Waals surface area (Å²) >= 11 is 0. The minimum atomic E-state index is -0.880. The predicted molar refractivity (Wildman–Crippen MR) is 96.6 cm³/mol. The van der Waals surface area contributed by atoms with Gasteiger partial charge >= 0.3 is 5.97 Å². The Morgan fingerprint density at radius 1 is 1.24 bits per heavy atom. The van der Waals surface area contributed by atoms with Crippen LogP contribution in [0.25, 0.3) is 6.08 Å². The Balaban J connectivity index is 1.58. The number of rotatable bonds is 7. The first-order valence-corrected chi connectivity index (χ1v) is 8.76. The van der Waals surface area contributed by atoms with E-state index in [2.05, 4.69) is 10.2 Å². The predicted octanol–water partition coefficient (Wildman–Crippen LogP) is 0.493. The molecule has 1 aromatic rings. The standard InChI is InChI=1S/C18H20N2O9/c1-10(21)28-13-5-3-11(7-14(13)25-2)4-6-16(22)19-12-8-26-18-15(29-20(23)24)9-27-17(12)18/h3-7,12,15,17-18H,8-9H2,1-2H3,(H,19,22)/b6-4+/t12-,15-,17+,18+/m0/s1. The largest absolute Gasteiger partial charge is 0.493 e. The monoisotopic (exact) mass is 408 g/mol. The normalized spacial score (nSPS) is 25.4. The lowest BCUT2D eigenvalue weighted by Gasteiger charge is -2.16. The Morgan fingerprint density at radius 2 is 2.00 bits per heavy atom. The van der Waals surface area contributed by atoms with Crippen molar-refractivity contribution in [2.24, 2.45) is 0 Å². The van der Waals surface area contributed by atoms with Crippen molar-refractivity contribution in [1.29, 1.82) is 0 Å². The first-order valence-electron chi connectivity index (χ1n) is 8.76. The van der Waals surface area contributed by atoms with Crippen molar-refractivity contribution in [2.45, 2.75) is 31.3 Å². The number of hydrogen-bond donors (Lipinski definition) is 1. The first kappa shape index (κ1) is 20.6. The highest BCUT2D eigenvalue weighted by atomic mass is 17.0. The number of amides is 1. The fourth-order valence-electron chi connectivity index (χ4n) is 3.22. The molecule has 11 nitrogen and oxygen atoms in total. The lowest BCUT2D eigenvalue weighted by molar-refractivity contribution is -0.769. The van der Waals surface area contributed by atoms with Gasteiger partial charge < -0.3 is 29.1 Å². The van der Waals surface area contributed by atoms with E-state index in [9.17, 15) is 19.7 Å². The molecule has 156 valence electrons. The molecule has 1 N–H and O–H groups in total. The van der Waals surface area contributed by atoms with E-state index in [1.807, 2.05) is 0 Å². The lowest BCUT2D eigenvalue weighted by atomic mass is 10.1. The molecule has 0 saturated carbocycles. The number of nitrogens with zero attached hydrogens (tertiary/aromatic N) is 1. The van der Waals surface area contributed by atoms with Crippen molar-refractivity contribution in [1.82, 2.24) is 5.32 Å². The van der Waals surface area contributed by atoms with Crippen molar-refractivity contribution in [3.05, 3.63) is 40.0 Å². The van der Waals surface area contributed by atoms with E-state index in [1.165, 1.54) is 20.1 Å². The molecule has 0 spiro atoms. The van der Waals surface area contributed by atoms with Crippen LogP contribution in [0.4, 0.5) is 0 Å². The number of methoxy groups -OCH3 is 1. The van der Waals surface area contributed by atoms with Crippen LogP contribution in [0.2, 0.25) is 0 Å². The van der Waals surface area contributed by atoms with Gasteiger partial charge in [0.15, 0.2) is 17.6 Å². The number of nitrogens with one attached hydrogen (secondary N) is 1. The summed E-state index contributed by atoms with van der Waals surface area (Å²) in [6.45, 7) is 1.47. The van der Waals surface area contributed by atoms with Gasteiger partial charge in [0, 0.05) is 13.0 Å². The first-order chi connectivity index (χ1) is 13.9. The number of esters is 1. The fourth-order valence-corrected chi connectivity index (χ4v) is 3.22. The zero-order valence-corrected chi connectivity index (χ0v) is 15.7. The topological polar surface area (TPSA) is 135 Å². The molecule has 0 unspecified atom stereocenters. The summed E-state index contributed by atoms with van der Waals surface area (Å²) in [5.41, 5.74) is 0.657. The van der Waals surface area contributed by atoms with Crippen LogP contribution in [0.15, 0.2) is 24.3 Å². The maximum absolute atomic E-state index is 12.2. The van der Waals surface area contributed by atoms with Crippen molar-refractivity contribution in [2.75, 3.05) is 20.3 Å². The van der Waals surface area contributed by atoms with E-state index in [0.29, 0.717) is 11.3 Å². The summed E-state index contributed by atoms with van der Waals surface area (Å²) < 4.78 is 21.2. The zero-order chi connectivity index (χ0) is 21.0. The summed E-state index contributed by atoms with van der Waals surface area (Å²) in [7, 11) is 1.44. The summed E-state index contributed by atoms with van der Waals surface area (Å²) in [5.74, 6) is -0.223. The molecule has 2 heterocycles. The fraction of sp³-hybridized carbons (Fsp3) is 0.444. The van der Waals surface area contributed by atoms with Crippen molar-refractivity contribution >= 4 is 18.0 Å². The Labute approximate surface area is 165 Å². The maximum atomic E-state index is 12.2. The van der Waals surface area contributed by atoms with Crippen molar-refractivity contribution < 1.29 is 38.5 Å². The maximum Gasteiger partial charge on any atom is 0.308 e. The average molecular weight is 408 g/mol. The van der Waals surface area contributed by atoms with Crippen LogP contribution in [0, 0.1) is 10.1 Å². The highest BCUT2D eigenvalue weighted by molar-refractivity contribution is 5.92. The molecule has 11 heteroatoms. The third kappa shape index (κ3) is 5.00. The van der Waals surface area contributed by atoms with Gasteiger partial charge in [-0.3, -0.25) is 9.59 Å². The number of carbonyl (C=O) groups is 2. The number of benzene rings is 1. The molecular weight excluding hydrogens is 388 g/mol. The number of carbonyl (C=O) groups excluding carboxylic acids is 2. The molecule has 2 aliphatic rings. The van der Waals surface area contributed by atoms with Crippen LogP contribution in [-0.4, -0.2) is 61.6 Å². The van der Waals surface area contributed by atoms with Gasteiger partial charge in [-0.1, -0.05) is 6.07 Å². The summed E-state index contributed by atoms with van der Waals surface area (Å²) in [5, 5.41) is 12.4. The molecule has 0 radical (unpaired) electrons. The molecule has 2 saturated heterocycles. The molecule has 1 aromatic carbocycles. The number of hydrogen-bond acceptors (Lipinski definition) is 9. The Kier molecular flexibility index (Phi) is 6.29. The molecular formula is C18H20N2O9. The number of fused-ring (bicyclic) bond motifs is 1. The van der Waals surface area contributed by atoms with E-state index in [0.717, 1.165) is 0 Å². The highest BCUT2D eigenvalue weighted by Crippen LogP contribution is 2.30. The second-order valence-electron chi connectivity index (χ2n) is 6.42. The van der Waals surface area contributed by atoms with Crippen LogP contribution >= 0.6 is 0 Å². The van der Waals surface area contributed by atoms with Gasteiger partial charge in [0.05, 0.1) is 26.4 Å². The van der Waals surface area contributed by atoms with Gasteiger partial charge in [-0.05, 0) is 23.8 Å². The van der Waals surface area contributed by atoms with Crippen LogP contribution in [0.3, 0.4) is 0 Å². The van der Waals surface area contributed by atoms with Crippen LogP contribution in [-0.2, 0) is 23.9 Å². The third-order valence-electron chi connectivity index (χ3n) is 4.43. The van der Waals surface area contributed by atoms with Crippen LogP contribution in [0.1, 0.15) is 12.5 Å². The third-order valence-corrected chi connectivity index (χ3v) is 4.43. The van der Waals surface area contributed by atoms with E-state index in [4.69, 9.17) is 18.9 Å². The smallest absolute Gasteiger partial charge is 0.308 e. The SMILES string of the molecule is COc1cc(/C=C/C(=O)N[C@H]2CO[C@H]3[C@@H]2OC[C@@H]3O[N+](=O)[O-])ccc1OC(C)=O. The summed E-state index contributed by atoms with van der Waals surface area (Å²) in [4.78, 5) is 38.4. The highest BCUT2D eigenvalue weighted by Gasteiger charge is 2.49. The minimum Gasteiger partial charge on any atom is -0.493 e. The molecule has 4 atom stereocenters. The van der Waals surface area contributed by atoms with Crippen LogP contribution < -0.4 is 14.8 Å². The Morgan fingerprint density at radius 3 is 2.69 bits per heavy atom. The Bertz CT molecular complexity index is 826. The van der Waals surface area contributed by atoms with E-state index < -0.39 is 35.4 Å². The second-order valence-corrected chi connectivity index (χ2v) is 6.42. The summed E-state index contributed by atoms with van der Waals surface area (Å²) in [6, 6.07) is 4.41.